The molecule has 2 N–H and O–H groups in total. The number of likely N-dealkylation sites (N-methyl/N-ethyl adjacent to an activating group) is 1. The fraction of sp³-hybridized carbons (Fsp3) is 0.500. The van der Waals surface area contributed by atoms with Gasteiger partial charge < -0.3 is 10.6 Å². The highest BCUT2D eigenvalue weighted by molar-refractivity contribution is 7.89. The molecule has 3 rings (SSSR count). The molecular formula is C14H19N3O3S. The van der Waals surface area contributed by atoms with Crippen molar-refractivity contribution in [3.63, 3.8) is 0 Å². The number of benzene rings is 1. The standard InChI is InChI=1S/C14H19N3O3S/c1-16-13-3-2-12(8-10(13)9-14(16)18)21(19,20)17-6-4-11(15)5-7-17/h2-3,8,11H,4-7,9,15H2,1H3. The number of hydrogen-bond donors (Lipinski definition) is 1. The molecule has 1 saturated heterocycles. The molecule has 2 aliphatic rings. The van der Waals surface area contributed by atoms with Crippen LogP contribution in [0.25, 0.3) is 0 Å². The molecule has 2 aliphatic heterocycles. The lowest BCUT2D eigenvalue weighted by Crippen LogP contribution is -2.42. The van der Waals surface area contributed by atoms with Gasteiger partial charge in [0.25, 0.3) is 0 Å². The van der Waals surface area contributed by atoms with E-state index in [1.165, 1.54) is 4.31 Å². The maximum absolute atomic E-state index is 12.6. The third-order valence-electron chi connectivity index (χ3n) is 4.26. The van der Waals surface area contributed by atoms with E-state index in [0.29, 0.717) is 25.9 Å². The number of carbonyl (C=O) groups excluding carboxylic acids is 1. The molecule has 7 heteroatoms. The minimum absolute atomic E-state index is 0.0107. The van der Waals surface area contributed by atoms with Gasteiger partial charge in [0.15, 0.2) is 0 Å². The van der Waals surface area contributed by atoms with Gasteiger partial charge in [0.05, 0.1) is 11.3 Å². The Morgan fingerprint density at radius 3 is 2.57 bits per heavy atom. The summed E-state index contributed by atoms with van der Waals surface area (Å²) in [5.74, 6) is -0.0107. The van der Waals surface area contributed by atoms with Crippen molar-refractivity contribution >= 4 is 21.6 Å². The average molecular weight is 309 g/mol. The number of rotatable bonds is 2. The summed E-state index contributed by atoms with van der Waals surface area (Å²) < 4.78 is 26.8. The van der Waals surface area contributed by atoms with Gasteiger partial charge in [-0.05, 0) is 36.6 Å². The first-order valence-corrected chi connectivity index (χ1v) is 8.49. The molecule has 114 valence electrons. The third-order valence-corrected chi connectivity index (χ3v) is 6.16. The zero-order valence-electron chi connectivity index (χ0n) is 11.9. The van der Waals surface area contributed by atoms with Gasteiger partial charge in [0.2, 0.25) is 15.9 Å². The van der Waals surface area contributed by atoms with E-state index in [-0.39, 0.29) is 23.3 Å². The number of nitrogens with zero attached hydrogens (tertiary/aromatic N) is 2. The van der Waals surface area contributed by atoms with Crippen molar-refractivity contribution < 1.29 is 13.2 Å². The summed E-state index contributed by atoms with van der Waals surface area (Å²) in [6, 6.07) is 5.00. The van der Waals surface area contributed by atoms with Crippen molar-refractivity contribution in [3.8, 4) is 0 Å². The molecule has 0 spiro atoms. The molecule has 1 amide bonds. The van der Waals surface area contributed by atoms with Crippen LogP contribution in [-0.2, 0) is 21.2 Å². The van der Waals surface area contributed by atoms with Crippen molar-refractivity contribution in [2.24, 2.45) is 5.73 Å². The zero-order chi connectivity index (χ0) is 15.2. The number of amides is 1. The van der Waals surface area contributed by atoms with Crippen LogP contribution in [0.3, 0.4) is 0 Å². The van der Waals surface area contributed by atoms with Gasteiger partial charge >= 0.3 is 0 Å². The van der Waals surface area contributed by atoms with E-state index in [9.17, 15) is 13.2 Å². The van der Waals surface area contributed by atoms with Gasteiger partial charge in [-0.2, -0.15) is 4.31 Å². The summed E-state index contributed by atoms with van der Waals surface area (Å²) in [4.78, 5) is 13.5. The van der Waals surface area contributed by atoms with Crippen molar-refractivity contribution in [1.29, 1.82) is 0 Å². The number of carbonyl (C=O) groups is 1. The molecule has 21 heavy (non-hydrogen) atoms. The molecule has 1 aromatic carbocycles. The van der Waals surface area contributed by atoms with Crippen LogP contribution in [0.2, 0.25) is 0 Å². The van der Waals surface area contributed by atoms with Crippen molar-refractivity contribution in [1.82, 2.24) is 4.31 Å². The highest BCUT2D eigenvalue weighted by atomic mass is 32.2. The van der Waals surface area contributed by atoms with Gasteiger partial charge in [-0.15, -0.1) is 0 Å². The molecule has 0 radical (unpaired) electrons. The topological polar surface area (TPSA) is 83.7 Å². The minimum atomic E-state index is -3.49. The molecule has 1 aromatic rings. The minimum Gasteiger partial charge on any atom is -0.328 e. The zero-order valence-corrected chi connectivity index (χ0v) is 12.8. The summed E-state index contributed by atoms with van der Waals surface area (Å²) in [5, 5.41) is 0. The second-order valence-corrected chi connectivity index (χ2v) is 7.60. The predicted molar refractivity (Wildman–Crippen MR) is 79.5 cm³/mol. The molecule has 6 nitrogen and oxygen atoms in total. The van der Waals surface area contributed by atoms with Gasteiger partial charge in [-0.25, -0.2) is 8.42 Å². The van der Waals surface area contributed by atoms with Crippen LogP contribution in [0.4, 0.5) is 5.69 Å². The van der Waals surface area contributed by atoms with Crippen molar-refractivity contribution in [2.75, 3.05) is 25.0 Å². The molecule has 0 bridgehead atoms. The van der Waals surface area contributed by atoms with Crippen LogP contribution >= 0.6 is 0 Å². The van der Waals surface area contributed by atoms with Crippen LogP contribution < -0.4 is 10.6 Å². The summed E-state index contributed by atoms with van der Waals surface area (Å²) in [7, 11) is -1.79. The van der Waals surface area contributed by atoms with Crippen LogP contribution in [0.1, 0.15) is 18.4 Å². The maximum atomic E-state index is 12.6. The Kier molecular flexibility index (Phi) is 3.51. The lowest BCUT2D eigenvalue weighted by atomic mass is 10.1. The first kappa shape index (κ1) is 14.5. The lowest BCUT2D eigenvalue weighted by Gasteiger charge is -2.29. The Hall–Kier alpha value is -1.44. The highest BCUT2D eigenvalue weighted by Crippen LogP contribution is 2.31. The Morgan fingerprint density at radius 1 is 1.24 bits per heavy atom. The largest absolute Gasteiger partial charge is 0.328 e. The van der Waals surface area contributed by atoms with Crippen LogP contribution in [-0.4, -0.2) is 44.8 Å². The number of hydrogen-bond acceptors (Lipinski definition) is 4. The first-order chi connectivity index (χ1) is 9.89. The molecule has 1 fully saturated rings. The number of sulfonamides is 1. The monoisotopic (exact) mass is 309 g/mol. The van der Waals surface area contributed by atoms with Crippen LogP contribution in [0, 0.1) is 0 Å². The predicted octanol–water partition coefficient (Wildman–Crippen LogP) is 0.317. The highest BCUT2D eigenvalue weighted by Gasteiger charge is 2.31. The average Bonchev–Trinajstić information content (AvgIpc) is 2.74. The van der Waals surface area contributed by atoms with Crippen molar-refractivity contribution in [3.05, 3.63) is 23.8 Å². The molecule has 0 aliphatic carbocycles. The van der Waals surface area contributed by atoms with E-state index in [2.05, 4.69) is 0 Å². The smallest absolute Gasteiger partial charge is 0.243 e. The van der Waals surface area contributed by atoms with Gasteiger partial charge in [-0.3, -0.25) is 4.79 Å². The number of piperidine rings is 1. The Bertz CT molecular complexity index is 679. The summed E-state index contributed by atoms with van der Waals surface area (Å²) >= 11 is 0. The normalized spacial score (nSPS) is 20.9. The van der Waals surface area contributed by atoms with E-state index in [0.717, 1.165) is 11.3 Å². The van der Waals surface area contributed by atoms with Crippen LogP contribution in [0.5, 0.6) is 0 Å². The second kappa shape index (κ2) is 5.08. The van der Waals surface area contributed by atoms with E-state index in [1.54, 1.807) is 30.1 Å². The van der Waals surface area contributed by atoms with Gasteiger partial charge in [0, 0.05) is 31.9 Å². The third kappa shape index (κ3) is 2.45. The summed E-state index contributed by atoms with van der Waals surface area (Å²) in [5.41, 5.74) is 7.39. The fourth-order valence-electron chi connectivity index (χ4n) is 2.87. The lowest BCUT2D eigenvalue weighted by molar-refractivity contribution is -0.117. The Balaban J connectivity index is 1.91. The summed E-state index contributed by atoms with van der Waals surface area (Å²) in [6.45, 7) is 0.916. The van der Waals surface area contributed by atoms with E-state index < -0.39 is 10.0 Å². The second-order valence-electron chi connectivity index (χ2n) is 5.66. The Morgan fingerprint density at radius 2 is 1.90 bits per heavy atom. The van der Waals surface area contributed by atoms with E-state index >= 15 is 0 Å². The molecule has 0 unspecified atom stereocenters. The molecule has 2 heterocycles. The number of nitrogens with two attached hydrogens (primary N) is 1. The first-order valence-electron chi connectivity index (χ1n) is 7.05. The fourth-order valence-corrected chi connectivity index (χ4v) is 4.39. The Labute approximate surface area is 124 Å². The molecule has 0 atom stereocenters. The van der Waals surface area contributed by atoms with Gasteiger partial charge in [0.1, 0.15) is 0 Å². The quantitative estimate of drug-likeness (QED) is 0.852. The van der Waals surface area contributed by atoms with Gasteiger partial charge in [-0.1, -0.05) is 0 Å². The SMILES string of the molecule is CN1C(=O)Cc2cc(S(=O)(=O)N3CCC(N)CC3)ccc21. The van der Waals surface area contributed by atoms with Crippen LogP contribution in [0.15, 0.2) is 23.1 Å². The molecular weight excluding hydrogens is 290 g/mol. The number of anilines is 1. The maximum Gasteiger partial charge on any atom is 0.243 e. The van der Waals surface area contributed by atoms with Crippen molar-refractivity contribution in [2.45, 2.75) is 30.2 Å². The van der Waals surface area contributed by atoms with E-state index in [1.807, 2.05) is 0 Å². The molecule has 0 saturated carbocycles. The molecule has 0 aromatic heterocycles. The van der Waals surface area contributed by atoms with E-state index in [4.69, 9.17) is 5.73 Å². The number of fused-ring (bicyclic) bond motifs is 1. The summed E-state index contributed by atoms with van der Waals surface area (Å²) in [6.07, 6.45) is 1.64.